The Morgan fingerprint density at radius 2 is 1.91 bits per heavy atom. The number of carbonyl (C=O) groups is 1. The Morgan fingerprint density at radius 1 is 1.09 bits per heavy atom. The van der Waals surface area contributed by atoms with Crippen molar-refractivity contribution in [3.63, 3.8) is 0 Å². The van der Waals surface area contributed by atoms with Crippen molar-refractivity contribution in [3.8, 4) is 5.75 Å². The summed E-state index contributed by atoms with van der Waals surface area (Å²) in [7, 11) is 0. The van der Waals surface area contributed by atoms with Crippen molar-refractivity contribution in [2.24, 2.45) is 0 Å². The summed E-state index contributed by atoms with van der Waals surface area (Å²) in [5.74, 6) is 0.726. The third kappa shape index (κ3) is 3.66. The van der Waals surface area contributed by atoms with Crippen molar-refractivity contribution in [2.75, 3.05) is 11.9 Å². The van der Waals surface area contributed by atoms with Gasteiger partial charge in [0.1, 0.15) is 5.75 Å². The highest BCUT2D eigenvalue weighted by atomic mass is 16.5. The molecule has 116 valence electrons. The molecule has 0 bridgehead atoms. The number of para-hydroxylation sites is 2. The van der Waals surface area contributed by atoms with E-state index in [-0.39, 0.29) is 12.3 Å². The van der Waals surface area contributed by atoms with Gasteiger partial charge in [-0.1, -0.05) is 36.4 Å². The number of carbonyl (C=O) groups excluding carboxylic acids is 1. The maximum atomic E-state index is 12.1. The van der Waals surface area contributed by atoms with E-state index in [1.165, 1.54) is 0 Å². The topological polar surface area (TPSA) is 51.2 Å². The summed E-state index contributed by atoms with van der Waals surface area (Å²) in [6.45, 7) is 2.33. The Labute approximate surface area is 135 Å². The Kier molecular flexibility index (Phi) is 4.52. The normalized spacial score (nSPS) is 10.5. The molecule has 0 saturated carbocycles. The number of hydrogen-bond donors (Lipinski definition) is 1. The van der Waals surface area contributed by atoms with Gasteiger partial charge in [-0.05, 0) is 30.7 Å². The molecule has 4 heteroatoms. The highest BCUT2D eigenvalue weighted by Gasteiger charge is 2.07. The molecule has 23 heavy (non-hydrogen) atoms. The lowest BCUT2D eigenvalue weighted by Gasteiger charge is -2.10. The molecule has 0 aliphatic carbocycles. The van der Waals surface area contributed by atoms with Crippen LogP contribution in [0.2, 0.25) is 0 Å². The van der Waals surface area contributed by atoms with E-state index in [0.29, 0.717) is 6.61 Å². The zero-order valence-corrected chi connectivity index (χ0v) is 13.0. The largest absolute Gasteiger partial charge is 0.493 e. The molecule has 1 amide bonds. The smallest absolute Gasteiger partial charge is 0.227 e. The maximum Gasteiger partial charge on any atom is 0.227 e. The summed E-state index contributed by atoms with van der Waals surface area (Å²) in [4.78, 5) is 16.4. The average molecular weight is 306 g/mol. The minimum atomic E-state index is -0.0864. The molecule has 0 aliphatic rings. The van der Waals surface area contributed by atoms with Gasteiger partial charge in [-0.15, -0.1) is 0 Å². The molecule has 0 radical (unpaired) electrons. The van der Waals surface area contributed by atoms with Crippen LogP contribution < -0.4 is 10.1 Å². The molecule has 1 N–H and O–H groups in total. The van der Waals surface area contributed by atoms with Gasteiger partial charge in [-0.2, -0.15) is 0 Å². The lowest BCUT2D eigenvalue weighted by atomic mass is 10.2. The summed E-state index contributed by atoms with van der Waals surface area (Å²) in [6.07, 6.45) is 2.01. The minimum absolute atomic E-state index is 0.0864. The van der Waals surface area contributed by atoms with Crippen molar-refractivity contribution in [3.05, 3.63) is 66.4 Å². The van der Waals surface area contributed by atoms with Crippen molar-refractivity contribution in [2.45, 2.75) is 13.3 Å². The monoisotopic (exact) mass is 306 g/mol. The Bertz CT molecular complexity index is 825. The molecule has 0 atom stereocenters. The Balaban J connectivity index is 1.60. The number of fused-ring (bicyclic) bond motifs is 1. The Morgan fingerprint density at radius 3 is 2.78 bits per heavy atom. The molecular weight excluding hydrogens is 288 g/mol. The number of anilines is 1. The molecule has 0 aliphatic heterocycles. The number of ether oxygens (including phenoxy) is 1. The van der Waals surface area contributed by atoms with Crippen LogP contribution in [0.3, 0.4) is 0 Å². The van der Waals surface area contributed by atoms with E-state index in [0.717, 1.165) is 27.9 Å². The van der Waals surface area contributed by atoms with Gasteiger partial charge >= 0.3 is 0 Å². The minimum Gasteiger partial charge on any atom is -0.493 e. The number of aromatic nitrogens is 1. The van der Waals surface area contributed by atoms with E-state index >= 15 is 0 Å². The van der Waals surface area contributed by atoms with Gasteiger partial charge < -0.3 is 10.1 Å². The third-order valence-electron chi connectivity index (χ3n) is 3.59. The first-order valence-electron chi connectivity index (χ1n) is 7.56. The number of benzene rings is 2. The van der Waals surface area contributed by atoms with Crippen LogP contribution >= 0.6 is 0 Å². The summed E-state index contributed by atoms with van der Waals surface area (Å²) in [5, 5.41) is 3.91. The second-order valence-corrected chi connectivity index (χ2v) is 5.29. The first-order valence-corrected chi connectivity index (χ1v) is 7.56. The second-order valence-electron chi connectivity index (χ2n) is 5.29. The van der Waals surface area contributed by atoms with Gasteiger partial charge in [0.15, 0.2) is 0 Å². The molecule has 1 aromatic heterocycles. The summed E-state index contributed by atoms with van der Waals surface area (Å²) < 4.78 is 5.66. The van der Waals surface area contributed by atoms with E-state index in [9.17, 15) is 4.79 Å². The average Bonchev–Trinajstić information content (AvgIpc) is 2.57. The predicted octanol–water partition coefficient (Wildman–Crippen LogP) is 3.95. The first kappa shape index (κ1) is 15.0. The number of hydrogen-bond acceptors (Lipinski definition) is 3. The molecule has 0 saturated heterocycles. The zero-order valence-electron chi connectivity index (χ0n) is 13.0. The predicted molar refractivity (Wildman–Crippen MR) is 91.7 cm³/mol. The summed E-state index contributed by atoms with van der Waals surface area (Å²) >= 11 is 0. The van der Waals surface area contributed by atoms with E-state index in [2.05, 4.69) is 10.3 Å². The maximum absolute atomic E-state index is 12.1. The number of nitrogens with one attached hydrogen (secondary N) is 1. The highest BCUT2D eigenvalue weighted by molar-refractivity contribution is 6.00. The SMILES string of the molecule is Cc1ccccc1OCCC(=O)Nc1cccc2cccnc12. The van der Waals surface area contributed by atoms with Crippen LogP contribution in [0.4, 0.5) is 5.69 Å². The molecule has 4 nitrogen and oxygen atoms in total. The lowest BCUT2D eigenvalue weighted by Crippen LogP contribution is -2.15. The van der Waals surface area contributed by atoms with Crippen molar-refractivity contribution < 1.29 is 9.53 Å². The fourth-order valence-electron chi connectivity index (χ4n) is 2.39. The van der Waals surface area contributed by atoms with E-state index in [1.54, 1.807) is 6.20 Å². The molecular formula is C19H18N2O2. The van der Waals surface area contributed by atoms with Gasteiger partial charge in [-0.25, -0.2) is 0 Å². The summed E-state index contributed by atoms with van der Waals surface area (Å²) in [6, 6.07) is 17.4. The van der Waals surface area contributed by atoms with Crippen LogP contribution in [0.25, 0.3) is 10.9 Å². The zero-order chi connectivity index (χ0) is 16.1. The highest BCUT2D eigenvalue weighted by Crippen LogP contribution is 2.21. The van der Waals surface area contributed by atoms with E-state index in [1.807, 2.05) is 61.5 Å². The first-order chi connectivity index (χ1) is 11.2. The quantitative estimate of drug-likeness (QED) is 0.776. The lowest BCUT2D eigenvalue weighted by molar-refractivity contribution is -0.116. The summed E-state index contributed by atoms with van der Waals surface area (Å²) in [5.41, 5.74) is 2.58. The second kappa shape index (κ2) is 6.92. The van der Waals surface area contributed by atoms with E-state index in [4.69, 9.17) is 4.74 Å². The van der Waals surface area contributed by atoms with E-state index < -0.39 is 0 Å². The fourth-order valence-corrected chi connectivity index (χ4v) is 2.39. The number of aryl methyl sites for hydroxylation is 1. The molecule has 2 aromatic carbocycles. The van der Waals surface area contributed by atoms with Crippen LogP contribution in [-0.4, -0.2) is 17.5 Å². The molecule has 0 fully saturated rings. The number of pyridine rings is 1. The van der Waals surface area contributed by atoms with Crippen molar-refractivity contribution in [1.29, 1.82) is 0 Å². The van der Waals surface area contributed by atoms with Gasteiger partial charge in [0.05, 0.1) is 24.2 Å². The van der Waals surface area contributed by atoms with Crippen LogP contribution in [0, 0.1) is 6.92 Å². The third-order valence-corrected chi connectivity index (χ3v) is 3.59. The molecule has 1 heterocycles. The van der Waals surface area contributed by atoms with Gasteiger partial charge in [0.25, 0.3) is 0 Å². The van der Waals surface area contributed by atoms with Crippen LogP contribution in [0.1, 0.15) is 12.0 Å². The van der Waals surface area contributed by atoms with Gasteiger partial charge in [0.2, 0.25) is 5.91 Å². The van der Waals surface area contributed by atoms with Crippen LogP contribution in [0.5, 0.6) is 5.75 Å². The Hall–Kier alpha value is -2.88. The number of rotatable bonds is 5. The molecule has 3 aromatic rings. The fraction of sp³-hybridized carbons (Fsp3) is 0.158. The number of nitrogens with zero attached hydrogens (tertiary/aromatic N) is 1. The van der Waals surface area contributed by atoms with Gasteiger partial charge in [-0.3, -0.25) is 9.78 Å². The molecule has 0 spiro atoms. The molecule has 0 unspecified atom stereocenters. The molecule has 3 rings (SSSR count). The van der Waals surface area contributed by atoms with Gasteiger partial charge in [0, 0.05) is 11.6 Å². The van der Waals surface area contributed by atoms with Crippen LogP contribution in [-0.2, 0) is 4.79 Å². The van der Waals surface area contributed by atoms with Crippen LogP contribution in [0.15, 0.2) is 60.8 Å². The van der Waals surface area contributed by atoms with Crippen molar-refractivity contribution >= 4 is 22.5 Å². The van der Waals surface area contributed by atoms with Crippen molar-refractivity contribution in [1.82, 2.24) is 4.98 Å². The number of amides is 1. The standard InChI is InChI=1S/C19H18N2O2/c1-14-6-2-3-10-17(14)23-13-11-18(22)21-16-9-4-7-15-8-5-12-20-19(15)16/h2-10,12H,11,13H2,1H3,(H,21,22).